The number of imide groups is 1. The Hall–Kier alpha value is -3.79. The van der Waals surface area contributed by atoms with Gasteiger partial charge in [-0.15, -0.1) is 0 Å². The van der Waals surface area contributed by atoms with E-state index in [1.54, 1.807) is 24.3 Å². The molecule has 3 amide bonds. The average molecular weight is 432 g/mol. The largest absolute Gasteiger partial charge is 0.451 e. The third kappa shape index (κ3) is 4.13. The van der Waals surface area contributed by atoms with E-state index in [0.717, 1.165) is 6.07 Å². The van der Waals surface area contributed by atoms with Gasteiger partial charge in [-0.3, -0.25) is 34.2 Å². The number of hydrogen-bond acceptors (Lipinski definition) is 7. The number of nitrogens with zero attached hydrogens (tertiary/aromatic N) is 2. The molecule has 1 atom stereocenters. The molecule has 0 fully saturated rings. The summed E-state index contributed by atoms with van der Waals surface area (Å²) < 4.78 is 4.99. The zero-order valence-corrected chi connectivity index (χ0v) is 16.2. The first kappa shape index (κ1) is 20.9. The lowest BCUT2D eigenvalue weighted by molar-refractivity contribution is -0.385. The fourth-order valence-corrected chi connectivity index (χ4v) is 2.93. The highest BCUT2D eigenvalue weighted by Crippen LogP contribution is 2.30. The van der Waals surface area contributed by atoms with Gasteiger partial charge in [-0.1, -0.05) is 17.7 Å². The van der Waals surface area contributed by atoms with Gasteiger partial charge in [-0.2, -0.15) is 0 Å². The number of nitrogens with one attached hydrogen (secondary N) is 1. The highest BCUT2D eigenvalue weighted by molar-refractivity contribution is 6.30. The minimum absolute atomic E-state index is 0.171. The predicted octanol–water partition coefficient (Wildman–Crippen LogP) is 2.41. The molecule has 0 spiro atoms. The fraction of sp³-hybridized carbons (Fsp3) is 0.158. The molecule has 154 valence electrons. The molecular formula is C19H14ClN3O7. The fourth-order valence-electron chi connectivity index (χ4n) is 2.81. The van der Waals surface area contributed by atoms with Crippen LogP contribution in [-0.4, -0.2) is 46.2 Å². The maximum absolute atomic E-state index is 12.5. The molecule has 1 aliphatic heterocycles. The van der Waals surface area contributed by atoms with Crippen LogP contribution in [0.3, 0.4) is 0 Å². The van der Waals surface area contributed by atoms with Gasteiger partial charge in [0.05, 0.1) is 10.5 Å². The van der Waals surface area contributed by atoms with Crippen molar-refractivity contribution in [3.05, 3.63) is 68.7 Å². The molecule has 10 nitrogen and oxygen atoms in total. The van der Waals surface area contributed by atoms with Crippen molar-refractivity contribution in [1.82, 2.24) is 4.90 Å². The summed E-state index contributed by atoms with van der Waals surface area (Å²) in [4.78, 5) is 60.0. The van der Waals surface area contributed by atoms with Gasteiger partial charge in [0.15, 0.2) is 6.10 Å². The minimum Gasteiger partial charge on any atom is -0.451 e. The number of fused-ring (bicyclic) bond motifs is 1. The Kier molecular flexibility index (Phi) is 5.79. The van der Waals surface area contributed by atoms with Gasteiger partial charge in [-0.05, 0) is 37.3 Å². The van der Waals surface area contributed by atoms with Crippen molar-refractivity contribution in [3.8, 4) is 0 Å². The van der Waals surface area contributed by atoms with Crippen LogP contribution < -0.4 is 5.32 Å². The second-order valence-corrected chi connectivity index (χ2v) is 6.72. The second kappa shape index (κ2) is 8.29. The summed E-state index contributed by atoms with van der Waals surface area (Å²) >= 11 is 5.77. The Balaban J connectivity index is 1.64. The maximum atomic E-state index is 12.5. The Bertz CT molecular complexity index is 1070. The topological polar surface area (TPSA) is 136 Å². The molecule has 1 unspecified atom stereocenters. The third-order valence-electron chi connectivity index (χ3n) is 4.25. The van der Waals surface area contributed by atoms with E-state index >= 15 is 0 Å². The number of hydrogen-bond donors (Lipinski definition) is 1. The van der Waals surface area contributed by atoms with Crippen molar-refractivity contribution in [2.24, 2.45) is 0 Å². The highest BCUT2D eigenvalue weighted by atomic mass is 35.5. The monoisotopic (exact) mass is 431 g/mol. The number of ether oxygens (including phenoxy) is 1. The number of amides is 3. The van der Waals surface area contributed by atoms with Crippen LogP contribution in [0, 0.1) is 10.1 Å². The summed E-state index contributed by atoms with van der Waals surface area (Å²) in [6.07, 6.45) is -1.22. The lowest BCUT2D eigenvalue weighted by Gasteiger charge is -2.16. The lowest BCUT2D eigenvalue weighted by atomic mass is 10.1. The molecule has 0 radical (unpaired) electrons. The Morgan fingerprint density at radius 3 is 2.47 bits per heavy atom. The Labute approximate surface area is 174 Å². The molecular weight excluding hydrogens is 418 g/mol. The zero-order chi connectivity index (χ0) is 22.0. The van der Waals surface area contributed by atoms with E-state index in [1.165, 1.54) is 19.1 Å². The number of anilines is 1. The van der Waals surface area contributed by atoms with Crippen LogP contribution in [0.2, 0.25) is 5.02 Å². The molecule has 0 saturated heterocycles. The number of rotatable bonds is 6. The molecule has 1 N–H and O–H groups in total. The van der Waals surface area contributed by atoms with Crippen LogP contribution in [0.15, 0.2) is 42.5 Å². The Morgan fingerprint density at radius 2 is 1.83 bits per heavy atom. The van der Waals surface area contributed by atoms with Crippen LogP contribution in [0.1, 0.15) is 27.6 Å². The zero-order valence-electron chi connectivity index (χ0n) is 15.5. The smallest absolute Gasteiger partial charge is 0.326 e. The van der Waals surface area contributed by atoms with Crippen molar-refractivity contribution in [1.29, 1.82) is 0 Å². The highest BCUT2D eigenvalue weighted by Gasteiger charge is 2.42. The van der Waals surface area contributed by atoms with Gasteiger partial charge in [0.25, 0.3) is 23.4 Å². The third-order valence-corrected chi connectivity index (χ3v) is 4.50. The van der Waals surface area contributed by atoms with Gasteiger partial charge in [-0.25, -0.2) is 0 Å². The molecule has 1 aliphatic rings. The van der Waals surface area contributed by atoms with Crippen molar-refractivity contribution in [2.75, 3.05) is 11.9 Å². The first-order chi connectivity index (χ1) is 14.2. The first-order valence-electron chi connectivity index (χ1n) is 8.58. The second-order valence-electron chi connectivity index (χ2n) is 6.28. The summed E-state index contributed by atoms with van der Waals surface area (Å²) in [5.41, 5.74) is -0.651. The average Bonchev–Trinajstić information content (AvgIpc) is 2.94. The van der Waals surface area contributed by atoms with Crippen molar-refractivity contribution in [3.63, 3.8) is 0 Å². The quantitative estimate of drug-likeness (QED) is 0.321. The van der Waals surface area contributed by atoms with E-state index < -0.39 is 47.0 Å². The molecule has 0 aliphatic carbocycles. The van der Waals surface area contributed by atoms with E-state index in [9.17, 15) is 29.3 Å². The molecule has 2 aromatic rings. The number of nitro benzene ring substituents is 1. The number of carbonyl (C=O) groups excluding carboxylic acids is 4. The summed E-state index contributed by atoms with van der Waals surface area (Å²) in [7, 11) is 0. The van der Waals surface area contributed by atoms with Gasteiger partial charge < -0.3 is 10.1 Å². The van der Waals surface area contributed by atoms with Gasteiger partial charge in [0.1, 0.15) is 12.1 Å². The van der Waals surface area contributed by atoms with Crippen LogP contribution in [-0.2, 0) is 14.3 Å². The maximum Gasteiger partial charge on any atom is 0.326 e. The van der Waals surface area contributed by atoms with Gasteiger partial charge in [0.2, 0.25) is 0 Å². The van der Waals surface area contributed by atoms with Gasteiger partial charge >= 0.3 is 5.97 Å². The molecule has 0 aromatic heterocycles. The Morgan fingerprint density at radius 1 is 1.17 bits per heavy atom. The normalized spacial score (nSPS) is 13.6. The SMILES string of the molecule is CC(OC(=O)CN1C(=O)c2cccc([N+](=O)[O-])c2C1=O)C(=O)Nc1ccc(Cl)cc1. The molecule has 3 rings (SSSR count). The van der Waals surface area contributed by atoms with E-state index in [0.29, 0.717) is 15.6 Å². The minimum atomic E-state index is -1.22. The van der Waals surface area contributed by atoms with Crippen LogP contribution in [0.25, 0.3) is 0 Å². The standard InChI is InChI=1S/C19H14ClN3O7/c1-10(17(25)21-12-7-5-11(20)6-8-12)30-15(24)9-22-18(26)13-3-2-4-14(23(28)29)16(13)19(22)27/h2-8,10H,9H2,1H3,(H,21,25). The summed E-state index contributed by atoms with van der Waals surface area (Å²) in [5, 5.41) is 14.1. The molecule has 11 heteroatoms. The molecule has 0 bridgehead atoms. The number of benzene rings is 2. The molecule has 2 aromatic carbocycles. The number of nitro groups is 1. The molecule has 30 heavy (non-hydrogen) atoms. The summed E-state index contributed by atoms with van der Waals surface area (Å²) in [5.74, 6) is -3.49. The number of esters is 1. The summed E-state index contributed by atoms with van der Waals surface area (Å²) in [6, 6.07) is 9.86. The van der Waals surface area contributed by atoms with Crippen molar-refractivity contribution >= 4 is 46.7 Å². The molecule has 1 heterocycles. The van der Waals surface area contributed by atoms with E-state index in [1.807, 2.05) is 0 Å². The lowest BCUT2D eigenvalue weighted by Crippen LogP contribution is -2.38. The first-order valence-corrected chi connectivity index (χ1v) is 8.96. The van der Waals surface area contributed by atoms with Gasteiger partial charge in [0, 0.05) is 16.8 Å². The van der Waals surface area contributed by atoms with Crippen LogP contribution in [0.5, 0.6) is 0 Å². The van der Waals surface area contributed by atoms with Crippen molar-refractivity contribution in [2.45, 2.75) is 13.0 Å². The number of halogens is 1. The van der Waals surface area contributed by atoms with Crippen LogP contribution >= 0.6 is 11.6 Å². The van der Waals surface area contributed by atoms with E-state index in [4.69, 9.17) is 16.3 Å². The van der Waals surface area contributed by atoms with Crippen molar-refractivity contribution < 1.29 is 28.8 Å². The molecule has 0 saturated carbocycles. The van der Waals surface area contributed by atoms with E-state index in [-0.39, 0.29) is 11.1 Å². The van der Waals surface area contributed by atoms with E-state index in [2.05, 4.69) is 5.32 Å². The summed E-state index contributed by atoms with van der Waals surface area (Å²) in [6.45, 7) is 0.526. The predicted molar refractivity (Wildman–Crippen MR) is 104 cm³/mol. The number of carbonyl (C=O) groups is 4. The van der Waals surface area contributed by atoms with Crippen LogP contribution in [0.4, 0.5) is 11.4 Å².